The first-order valence-corrected chi connectivity index (χ1v) is 8.57. The van der Waals surface area contributed by atoms with E-state index < -0.39 is 5.41 Å². The highest BCUT2D eigenvalue weighted by molar-refractivity contribution is 9.10. The lowest BCUT2D eigenvalue weighted by atomic mass is 9.83. The number of hydrogen-bond donors (Lipinski definition) is 2. The Morgan fingerprint density at radius 1 is 1.18 bits per heavy atom. The molecular weight excluding hydrogens is 364 g/mol. The highest BCUT2D eigenvalue weighted by Gasteiger charge is 2.37. The summed E-state index contributed by atoms with van der Waals surface area (Å²) in [6.45, 7) is 4.00. The van der Waals surface area contributed by atoms with Crippen molar-refractivity contribution in [3.63, 3.8) is 0 Å². The van der Waals surface area contributed by atoms with E-state index in [-0.39, 0.29) is 18.3 Å². The molecule has 2 aliphatic heterocycles. The molecule has 1 aromatic rings. The molecule has 0 aliphatic carbocycles. The van der Waals surface area contributed by atoms with Crippen molar-refractivity contribution in [2.24, 2.45) is 0 Å². The molecule has 2 unspecified atom stereocenters. The zero-order chi connectivity index (χ0) is 15.0. The average Bonchev–Trinajstić information content (AvgIpc) is 2.78. The van der Waals surface area contributed by atoms with Crippen LogP contribution >= 0.6 is 28.3 Å². The molecular formula is C17H24BrClN2O. The molecule has 2 fully saturated rings. The third-order valence-corrected chi connectivity index (χ3v) is 5.47. The van der Waals surface area contributed by atoms with Gasteiger partial charge in [0.05, 0.1) is 5.41 Å². The zero-order valence-corrected chi connectivity index (χ0v) is 15.5. The lowest BCUT2D eigenvalue weighted by Crippen LogP contribution is -2.51. The van der Waals surface area contributed by atoms with Crippen molar-refractivity contribution in [2.45, 2.75) is 63.1 Å². The topological polar surface area (TPSA) is 41.1 Å². The number of amides is 1. The summed E-state index contributed by atoms with van der Waals surface area (Å²) >= 11 is 3.44. The van der Waals surface area contributed by atoms with Gasteiger partial charge in [-0.05, 0) is 57.2 Å². The molecule has 3 nitrogen and oxygen atoms in total. The van der Waals surface area contributed by atoms with Crippen molar-refractivity contribution in [3.8, 4) is 0 Å². The number of piperidine rings is 1. The van der Waals surface area contributed by atoms with Gasteiger partial charge in [-0.15, -0.1) is 12.4 Å². The van der Waals surface area contributed by atoms with Crippen LogP contribution in [0.2, 0.25) is 0 Å². The molecule has 2 aliphatic rings. The summed E-state index contributed by atoms with van der Waals surface area (Å²) in [5.74, 6) is 0.135. The lowest BCUT2D eigenvalue weighted by Gasteiger charge is -2.33. The van der Waals surface area contributed by atoms with Crippen molar-refractivity contribution < 1.29 is 4.79 Å². The van der Waals surface area contributed by atoms with E-state index in [4.69, 9.17) is 0 Å². The van der Waals surface area contributed by atoms with E-state index in [2.05, 4.69) is 26.6 Å². The van der Waals surface area contributed by atoms with E-state index in [0.717, 1.165) is 22.9 Å². The number of carbonyl (C=O) groups excluding carboxylic acids is 1. The van der Waals surface area contributed by atoms with Gasteiger partial charge in [-0.1, -0.05) is 28.1 Å². The minimum Gasteiger partial charge on any atom is -0.352 e. The lowest BCUT2D eigenvalue weighted by molar-refractivity contribution is -0.126. The predicted octanol–water partition coefficient (Wildman–Crippen LogP) is 3.55. The molecule has 0 aromatic heterocycles. The maximum atomic E-state index is 12.7. The Hall–Kier alpha value is -0.580. The average molecular weight is 388 g/mol. The molecule has 2 N–H and O–H groups in total. The van der Waals surface area contributed by atoms with Crippen LogP contribution in [0.4, 0.5) is 0 Å². The minimum absolute atomic E-state index is 0. The fourth-order valence-electron chi connectivity index (χ4n) is 3.54. The molecule has 22 heavy (non-hydrogen) atoms. The van der Waals surface area contributed by atoms with Gasteiger partial charge in [-0.3, -0.25) is 4.79 Å². The minimum atomic E-state index is -0.495. The smallest absolute Gasteiger partial charge is 0.230 e. The van der Waals surface area contributed by atoms with Crippen LogP contribution in [-0.4, -0.2) is 24.0 Å². The second-order valence-corrected chi connectivity index (χ2v) is 7.83. The molecule has 2 atom stereocenters. The number of hydrogen-bond acceptors (Lipinski definition) is 2. The third kappa shape index (κ3) is 3.66. The summed E-state index contributed by atoms with van der Waals surface area (Å²) in [4.78, 5) is 12.7. The normalized spacial score (nSPS) is 27.1. The number of carbonyl (C=O) groups is 1. The van der Waals surface area contributed by atoms with Gasteiger partial charge >= 0.3 is 0 Å². The zero-order valence-electron chi connectivity index (χ0n) is 13.1. The third-order valence-electron chi connectivity index (χ3n) is 4.94. The van der Waals surface area contributed by atoms with Crippen LogP contribution in [0.25, 0.3) is 0 Å². The maximum Gasteiger partial charge on any atom is 0.230 e. The first-order chi connectivity index (χ1) is 9.95. The van der Waals surface area contributed by atoms with Gasteiger partial charge in [0.15, 0.2) is 0 Å². The van der Waals surface area contributed by atoms with Crippen molar-refractivity contribution in [1.29, 1.82) is 0 Å². The molecule has 122 valence electrons. The Kier molecular flexibility index (Phi) is 5.57. The monoisotopic (exact) mass is 386 g/mol. The molecule has 1 aromatic carbocycles. The van der Waals surface area contributed by atoms with Crippen LogP contribution in [0.1, 0.15) is 45.1 Å². The second kappa shape index (κ2) is 6.90. The molecule has 3 rings (SSSR count). The highest BCUT2D eigenvalue weighted by atomic mass is 79.9. The predicted molar refractivity (Wildman–Crippen MR) is 95.5 cm³/mol. The molecule has 2 saturated heterocycles. The first-order valence-electron chi connectivity index (χ1n) is 7.78. The summed E-state index contributed by atoms with van der Waals surface area (Å²) in [5, 5.41) is 6.90. The molecule has 0 saturated carbocycles. The van der Waals surface area contributed by atoms with Gasteiger partial charge in [0.1, 0.15) is 0 Å². The first kappa shape index (κ1) is 17.8. The van der Waals surface area contributed by atoms with Gasteiger partial charge in [0.2, 0.25) is 5.91 Å². The maximum absolute atomic E-state index is 12.7. The number of halogens is 2. The van der Waals surface area contributed by atoms with Gasteiger partial charge in [0, 0.05) is 22.6 Å². The van der Waals surface area contributed by atoms with E-state index in [0.29, 0.717) is 18.1 Å². The Morgan fingerprint density at radius 2 is 1.73 bits per heavy atom. The largest absolute Gasteiger partial charge is 0.352 e. The van der Waals surface area contributed by atoms with Gasteiger partial charge < -0.3 is 10.6 Å². The second-order valence-electron chi connectivity index (χ2n) is 6.91. The van der Waals surface area contributed by atoms with Crippen molar-refractivity contribution in [2.75, 3.05) is 0 Å². The standard InChI is InChI=1S/C17H23BrN2O.ClH/c1-17(2,11-3-5-12(18)6-4-11)16(21)20-15-9-13-7-8-14(10-15)19-13;/h3-6,13-15,19H,7-10H2,1-2H3,(H,20,21);1H. The molecule has 0 radical (unpaired) electrons. The van der Waals surface area contributed by atoms with Crippen LogP contribution in [0, 0.1) is 0 Å². The molecule has 2 bridgehead atoms. The SMILES string of the molecule is CC(C)(C(=O)NC1CC2CCC(C1)N2)c1ccc(Br)cc1.Cl. The quantitative estimate of drug-likeness (QED) is 0.833. The van der Waals surface area contributed by atoms with Crippen LogP contribution in [0.15, 0.2) is 28.7 Å². The highest BCUT2D eigenvalue weighted by Crippen LogP contribution is 2.29. The number of nitrogens with one attached hydrogen (secondary N) is 2. The fourth-order valence-corrected chi connectivity index (χ4v) is 3.80. The summed E-state index contributed by atoms with van der Waals surface area (Å²) in [6, 6.07) is 9.57. The van der Waals surface area contributed by atoms with E-state index in [1.165, 1.54) is 12.8 Å². The van der Waals surface area contributed by atoms with Crippen LogP contribution in [0.5, 0.6) is 0 Å². The van der Waals surface area contributed by atoms with E-state index in [1.54, 1.807) is 0 Å². The number of rotatable bonds is 3. The van der Waals surface area contributed by atoms with Crippen LogP contribution in [0.3, 0.4) is 0 Å². The Labute approximate surface area is 147 Å². The summed E-state index contributed by atoms with van der Waals surface area (Å²) < 4.78 is 1.04. The van der Waals surface area contributed by atoms with Gasteiger partial charge in [-0.2, -0.15) is 0 Å². The van der Waals surface area contributed by atoms with Gasteiger partial charge in [0.25, 0.3) is 0 Å². The van der Waals surface area contributed by atoms with E-state index >= 15 is 0 Å². The fraction of sp³-hybridized carbons (Fsp3) is 0.588. The Balaban J connectivity index is 0.00000176. The molecule has 5 heteroatoms. The summed E-state index contributed by atoms with van der Waals surface area (Å²) in [7, 11) is 0. The number of fused-ring (bicyclic) bond motifs is 2. The van der Waals surface area contributed by atoms with Crippen molar-refractivity contribution in [1.82, 2.24) is 10.6 Å². The van der Waals surface area contributed by atoms with E-state index in [9.17, 15) is 4.79 Å². The summed E-state index contributed by atoms with van der Waals surface area (Å²) in [6.07, 6.45) is 4.65. The van der Waals surface area contributed by atoms with Crippen molar-refractivity contribution in [3.05, 3.63) is 34.3 Å². The molecule has 0 spiro atoms. The van der Waals surface area contributed by atoms with E-state index in [1.807, 2.05) is 38.1 Å². The molecule has 1 amide bonds. The van der Waals surface area contributed by atoms with Crippen molar-refractivity contribution >= 4 is 34.2 Å². The van der Waals surface area contributed by atoms with Crippen LogP contribution < -0.4 is 10.6 Å². The van der Waals surface area contributed by atoms with Crippen LogP contribution in [-0.2, 0) is 10.2 Å². The Bertz CT molecular complexity index is 520. The van der Waals surface area contributed by atoms with Gasteiger partial charge in [-0.25, -0.2) is 0 Å². The Morgan fingerprint density at radius 3 is 2.27 bits per heavy atom. The number of benzene rings is 1. The summed E-state index contributed by atoms with van der Waals surface area (Å²) in [5.41, 5.74) is 0.560. The molecule has 2 heterocycles.